The Morgan fingerprint density at radius 1 is 1.14 bits per heavy atom. The predicted octanol–water partition coefficient (Wildman–Crippen LogP) is 5.03. The third-order valence-electron chi connectivity index (χ3n) is 3.41. The summed E-state index contributed by atoms with van der Waals surface area (Å²) >= 11 is 1.51. The number of rotatable bonds is 5. The Hall–Kier alpha value is -1.33. The van der Waals surface area contributed by atoms with E-state index in [1.54, 1.807) is 12.1 Å². The van der Waals surface area contributed by atoms with Gasteiger partial charge in [-0.15, -0.1) is 11.3 Å². The number of aryl methyl sites for hydroxylation is 1. The molecule has 0 saturated carbocycles. The van der Waals surface area contributed by atoms with Crippen LogP contribution in [0.1, 0.15) is 41.5 Å². The second-order valence-electron chi connectivity index (χ2n) is 4.74. The van der Waals surface area contributed by atoms with E-state index < -0.39 is 17.8 Å². The molecular weight excluding hydrogens is 295 g/mol. The Bertz CT molecular complexity index is 589. The molecule has 5 heteroatoms. The predicted molar refractivity (Wildman–Crippen MR) is 80.7 cm³/mol. The SMILES string of the molecule is CCNC(c1ccccc1C(F)(F)F)c1sccc1CC. The molecule has 2 rings (SSSR count). The van der Waals surface area contributed by atoms with Gasteiger partial charge < -0.3 is 5.32 Å². The molecule has 0 fully saturated rings. The monoisotopic (exact) mass is 313 g/mol. The fourth-order valence-corrected chi connectivity index (χ4v) is 3.54. The number of hydrogen-bond donors (Lipinski definition) is 1. The summed E-state index contributed by atoms with van der Waals surface area (Å²) in [4.78, 5) is 0.969. The Kier molecular flexibility index (Phi) is 5.06. The number of nitrogens with one attached hydrogen (secondary N) is 1. The lowest BCUT2D eigenvalue weighted by atomic mass is 9.96. The van der Waals surface area contributed by atoms with E-state index in [4.69, 9.17) is 0 Å². The third-order valence-corrected chi connectivity index (χ3v) is 4.43. The van der Waals surface area contributed by atoms with E-state index >= 15 is 0 Å². The molecule has 1 aromatic heterocycles. The fourth-order valence-electron chi connectivity index (χ4n) is 2.45. The highest BCUT2D eigenvalue weighted by molar-refractivity contribution is 7.10. The standard InChI is InChI=1S/C16H18F3NS/c1-3-11-9-10-21-15(11)14(20-4-2)12-7-5-6-8-13(12)16(17,18)19/h5-10,14,20H,3-4H2,1-2H3. The molecule has 0 aliphatic carbocycles. The van der Waals surface area contributed by atoms with E-state index in [1.165, 1.54) is 17.4 Å². The second kappa shape index (κ2) is 6.62. The van der Waals surface area contributed by atoms with Crippen molar-refractivity contribution >= 4 is 11.3 Å². The van der Waals surface area contributed by atoms with Crippen molar-refractivity contribution in [2.75, 3.05) is 6.54 Å². The normalized spacial score (nSPS) is 13.4. The molecule has 0 aliphatic heterocycles. The van der Waals surface area contributed by atoms with Gasteiger partial charge in [-0.05, 0) is 41.6 Å². The van der Waals surface area contributed by atoms with E-state index in [0.717, 1.165) is 22.9 Å². The lowest BCUT2D eigenvalue weighted by molar-refractivity contribution is -0.138. The molecule has 0 aliphatic rings. The fraction of sp³-hybridized carbons (Fsp3) is 0.375. The van der Waals surface area contributed by atoms with Gasteiger partial charge >= 0.3 is 6.18 Å². The van der Waals surface area contributed by atoms with Crippen molar-refractivity contribution in [1.29, 1.82) is 0 Å². The van der Waals surface area contributed by atoms with Crippen LogP contribution >= 0.6 is 11.3 Å². The van der Waals surface area contributed by atoms with Gasteiger partial charge in [0.1, 0.15) is 0 Å². The first kappa shape index (κ1) is 16.0. The lowest BCUT2D eigenvalue weighted by Gasteiger charge is -2.22. The molecule has 1 heterocycles. The maximum absolute atomic E-state index is 13.2. The molecular formula is C16H18F3NS. The van der Waals surface area contributed by atoms with E-state index in [9.17, 15) is 13.2 Å². The molecule has 1 aromatic carbocycles. The first-order valence-electron chi connectivity index (χ1n) is 6.94. The zero-order valence-electron chi connectivity index (χ0n) is 12.0. The van der Waals surface area contributed by atoms with Crippen molar-refractivity contribution in [2.45, 2.75) is 32.5 Å². The molecule has 2 aromatic rings. The summed E-state index contributed by atoms with van der Waals surface area (Å²) in [7, 11) is 0. The summed E-state index contributed by atoms with van der Waals surface area (Å²) in [6.45, 7) is 4.53. The summed E-state index contributed by atoms with van der Waals surface area (Å²) in [6.07, 6.45) is -3.52. The van der Waals surface area contributed by atoms with Gasteiger partial charge in [-0.3, -0.25) is 0 Å². The van der Waals surface area contributed by atoms with Crippen molar-refractivity contribution in [2.24, 2.45) is 0 Å². The van der Waals surface area contributed by atoms with Crippen LogP contribution in [0.15, 0.2) is 35.7 Å². The molecule has 1 N–H and O–H groups in total. The van der Waals surface area contributed by atoms with Crippen LogP contribution < -0.4 is 5.32 Å². The molecule has 21 heavy (non-hydrogen) atoms. The van der Waals surface area contributed by atoms with Crippen molar-refractivity contribution in [3.63, 3.8) is 0 Å². The average Bonchev–Trinajstić information content (AvgIpc) is 2.92. The Morgan fingerprint density at radius 2 is 1.86 bits per heavy atom. The van der Waals surface area contributed by atoms with Crippen LogP contribution in [0.4, 0.5) is 13.2 Å². The number of halogens is 3. The Morgan fingerprint density at radius 3 is 2.48 bits per heavy atom. The van der Waals surface area contributed by atoms with E-state index in [1.807, 2.05) is 25.3 Å². The maximum Gasteiger partial charge on any atom is 0.416 e. The molecule has 1 unspecified atom stereocenters. The maximum atomic E-state index is 13.2. The largest absolute Gasteiger partial charge is 0.416 e. The van der Waals surface area contributed by atoms with Gasteiger partial charge in [-0.2, -0.15) is 13.2 Å². The molecule has 114 valence electrons. The summed E-state index contributed by atoms with van der Waals surface area (Å²) in [6, 6.07) is 7.38. The highest BCUT2D eigenvalue weighted by Gasteiger charge is 2.35. The highest BCUT2D eigenvalue weighted by Crippen LogP contribution is 2.38. The van der Waals surface area contributed by atoms with E-state index in [2.05, 4.69) is 5.32 Å². The van der Waals surface area contributed by atoms with Gasteiger partial charge in [0.25, 0.3) is 0 Å². The van der Waals surface area contributed by atoms with Gasteiger partial charge in [0, 0.05) is 4.88 Å². The minimum absolute atomic E-state index is 0.295. The number of benzene rings is 1. The minimum Gasteiger partial charge on any atom is -0.306 e. The molecule has 0 saturated heterocycles. The van der Waals surface area contributed by atoms with Crippen molar-refractivity contribution in [3.8, 4) is 0 Å². The summed E-state index contributed by atoms with van der Waals surface area (Å²) in [5.41, 5.74) is 0.832. The number of alkyl halides is 3. The van der Waals surface area contributed by atoms with E-state index in [-0.39, 0.29) is 0 Å². The minimum atomic E-state index is -4.34. The zero-order valence-corrected chi connectivity index (χ0v) is 12.8. The Labute approximate surface area is 126 Å². The van der Waals surface area contributed by atoms with Gasteiger partial charge in [-0.1, -0.05) is 32.0 Å². The van der Waals surface area contributed by atoms with Crippen molar-refractivity contribution in [3.05, 3.63) is 57.3 Å². The summed E-state index contributed by atoms with van der Waals surface area (Å²) in [5, 5.41) is 5.14. The molecule has 0 bridgehead atoms. The number of thiophene rings is 1. The lowest BCUT2D eigenvalue weighted by Crippen LogP contribution is -2.25. The van der Waals surface area contributed by atoms with Gasteiger partial charge in [0.2, 0.25) is 0 Å². The Balaban J connectivity index is 2.54. The topological polar surface area (TPSA) is 12.0 Å². The third kappa shape index (κ3) is 3.47. The first-order chi connectivity index (χ1) is 9.99. The molecule has 0 radical (unpaired) electrons. The van der Waals surface area contributed by atoms with Crippen LogP contribution in [0.2, 0.25) is 0 Å². The van der Waals surface area contributed by atoms with Gasteiger partial charge in [0.15, 0.2) is 0 Å². The van der Waals surface area contributed by atoms with Crippen molar-refractivity contribution in [1.82, 2.24) is 5.32 Å². The molecule has 1 atom stereocenters. The molecule has 0 spiro atoms. The average molecular weight is 313 g/mol. The first-order valence-corrected chi connectivity index (χ1v) is 7.82. The van der Waals surface area contributed by atoms with Crippen molar-refractivity contribution < 1.29 is 13.2 Å². The van der Waals surface area contributed by atoms with Crippen LogP contribution in [0.3, 0.4) is 0 Å². The van der Waals surface area contributed by atoms with Gasteiger partial charge in [0.05, 0.1) is 11.6 Å². The second-order valence-corrected chi connectivity index (χ2v) is 5.69. The summed E-state index contributed by atoms with van der Waals surface area (Å²) < 4.78 is 39.7. The van der Waals surface area contributed by atoms with Crippen LogP contribution in [-0.4, -0.2) is 6.54 Å². The van der Waals surface area contributed by atoms with Crippen LogP contribution in [-0.2, 0) is 12.6 Å². The zero-order chi connectivity index (χ0) is 15.5. The quantitative estimate of drug-likeness (QED) is 0.816. The van der Waals surface area contributed by atoms with Gasteiger partial charge in [-0.25, -0.2) is 0 Å². The van der Waals surface area contributed by atoms with Crippen LogP contribution in [0, 0.1) is 0 Å². The number of hydrogen-bond acceptors (Lipinski definition) is 2. The van der Waals surface area contributed by atoms with Crippen LogP contribution in [0.25, 0.3) is 0 Å². The van der Waals surface area contributed by atoms with Crippen LogP contribution in [0.5, 0.6) is 0 Å². The summed E-state index contributed by atoms with van der Waals surface area (Å²) in [5.74, 6) is 0. The van der Waals surface area contributed by atoms with E-state index in [0.29, 0.717) is 12.1 Å². The highest BCUT2D eigenvalue weighted by atomic mass is 32.1. The molecule has 1 nitrogen and oxygen atoms in total. The smallest absolute Gasteiger partial charge is 0.306 e. The molecule has 0 amide bonds.